The molecule has 0 N–H and O–H groups in total. The Morgan fingerprint density at radius 3 is 2.56 bits per heavy atom. The minimum Gasteiger partial charge on any atom is -0.465 e. The van der Waals surface area contributed by atoms with E-state index in [1.165, 1.54) is 0 Å². The molecule has 5 nitrogen and oxygen atoms in total. The number of carbonyl (C=O) groups excluding carboxylic acids is 2. The fourth-order valence-electron chi connectivity index (χ4n) is 4.31. The van der Waals surface area contributed by atoms with Crippen LogP contribution in [0.5, 0.6) is 0 Å². The number of esters is 1. The first-order valence-electron chi connectivity index (χ1n) is 9.21. The molecular formula is C20H28N2O3. The van der Waals surface area contributed by atoms with Crippen molar-refractivity contribution in [3.8, 4) is 0 Å². The summed E-state index contributed by atoms with van der Waals surface area (Å²) >= 11 is 0. The van der Waals surface area contributed by atoms with Crippen molar-refractivity contribution in [3.63, 3.8) is 0 Å². The van der Waals surface area contributed by atoms with Crippen molar-refractivity contribution in [2.45, 2.75) is 32.1 Å². The van der Waals surface area contributed by atoms with Gasteiger partial charge in [-0.25, -0.2) is 0 Å². The van der Waals surface area contributed by atoms with Crippen molar-refractivity contribution in [3.05, 3.63) is 35.9 Å². The van der Waals surface area contributed by atoms with Gasteiger partial charge in [0.1, 0.15) is 0 Å². The zero-order valence-electron chi connectivity index (χ0n) is 15.2. The van der Waals surface area contributed by atoms with Gasteiger partial charge in [0, 0.05) is 13.6 Å². The van der Waals surface area contributed by atoms with Crippen molar-refractivity contribution in [2.24, 2.45) is 5.41 Å². The van der Waals surface area contributed by atoms with Gasteiger partial charge >= 0.3 is 5.97 Å². The predicted molar refractivity (Wildman–Crippen MR) is 96.2 cm³/mol. The summed E-state index contributed by atoms with van der Waals surface area (Å²) in [5.41, 5.74) is 1.28. The number of benzene rings is 1. The van der Waals surface area contributed by atoms with Crippen molar-refractivity contribution in [1.29, 1.82) is 0 Å². The molecule has 2 fully saturated rings. The molecule has 2 aliphatic rings. The van der Waals surface area contributed by atoms with E-state index in [0.29, 0.717) is 13.2 Å². The van der Waals surface area contributed by atoms with Gasteiger partial charge in [-0.2, -0.15) is 0 Å². The first-order chi connectivity index (χ1) is 12.0. The summed E-state index contributed by atoms with van der Waals surface area (Å²) in [4.78, 5) is 28.5. The van der Waals surface area contributed by atoms with Gasteiger partial charge in [-0.05, 0) is 50.3 Å². The second-order valence-corrected chi connectivity index (χ2v) is 7.44. The van der Waals surface area contributed by atoms with E-state index in [1.807, 2.05) is 37.1 Å². The van der Waals surface area contributed by atoms with Crippen LogP contribution in [0.25, 0.3) is 0 Å². The van der Waals surface area contributed by atoms with E-state index >= 15 is 0 Å². The zero-order valence-corrected chi connectivity index (χ0v) is 15.2. The van der Waals surface area contributed by atoms with Crippen LogP contribution in [-0.4, -0.2) is 61.5 Å². The average molecular weight is 344 g/mol. The number of piperidine rings is 2. The first kappa shape index (κ1) is 17.9. The molecule has 25 heavy (non-hydrogen) atoms. The molecule has 0 aromatic heterocycles. The van der Waals surface area contributed by atoms with Crippen LogP contribution in [0.15, 0.2) is 30.3 Å². The topological polar surface area (TPSA) is 49.9 Å². The van der Waals surface area contributed by atoms with E-state index in [1.54, 1.807) is 0 Å². The highest BCUT2D eigenvalue weighted by Gasteiger charge is 2.45. The lowest BCUT2D eigenvalue weighted by molar-refractivity contribution is -0.145. The number of likely N-dealkylation sites (N-methyl/N-ethyl adjacent to an activating group) is 1. The third-order valence-electron chi connectivity index (χ3n) is 5.66. The highest BCUT2D eigenvalue weighted by Crippen LogP contribution is 2.45. The Kier molecular flexibility index (Phi) is 5.42. The van der Waals surface area contributed by atoms with E-state index in [9.17, 15) is 9.59 Å². The molecule has 0 radical (unpaired) electrons. The molecule has 136 valence electrons. The minimum atomic E-state index is -0.142. The third kappa shape index (κ3) is 4.03. The fraction of sp³-hybridized carbons (Fsp3) is 0.600. The van der Waals surface area contributed by atoms with Crippen LogP contribution in [0.4, 0.5) is 0 Å². The summed E-state index contributed by atoms with van der Waals surface area (Å²) in [6.07, 6.45) is 2.95. The second-order valence-electron chi connectivity index (χ2n) is 7.44. The minimum absolute atomic E-state index is 0.0449. The standard InChI is InChI=1S/C20H28N2O3/c1-3-25-18(23)14-22-11-9-20(10-12-22)13-17(19(24)21(2)15-20)16-7-5-4-6-8-16/h4-8,17H,3,9-15H2,1-2H3. The maximum atomic E-state index is 12.7. The van der Waals surface area contributed by atoms with Gasteiger partial charge in [-0.15, -0.1) is 0 Å². The van der Waals surface area contributed by atoms with Crippen LogP contribution in [0.1, 0.15) is 37.7 Å². The number of hydrogen-bond donors (Lipinski definition) is 0. The molecule has 1 amide bonds. The molecule has 1 aromatic rings. The predicted octanol–water partition coefficient (Wildman–Crippen LogP) is 2.28. The molecule has 1 spiro atoms. The third-order valence-corrected chi connectivity index (χ3v) is 5.66. The van der Waals surface area contributed by atoms with Gasteiger partial charge < -0.3 is 9.64 Å². The van der Waals surface area contributed by atoms with Crippen molar-refractivity contribution in [1.82, 2.24) is 9.80 Å². The maximum Gasteiger partial charge on any atom is 0.320 e. The molecule has 1 atom stereocenters. The van der Waals surface area contributed by atoms with Crippen LogP contribution >= 0.6 is 0 Å². The Morgan fingerprint density at radius 1 is 1.24 bits per heavy atom. The van der Waals surface area contributed by atoms with E-state index < -0.39 is 0 Å². The number of carbonyl (C=O) groups is 2. The van der Waals surface area contributed by atoms with Crippen LogP contribution < -0.4 is 0 Å². The summed E-state index contributed by atoms with van der Waals surface area (Å²) in [7, 11) is 1.92. The molecule has 2 saturated heterocycles. The summed E-state index contributed by atoms with van der Waals surface area (Å²) in [6, 6.07) is 10.1. The molecule has 0 aliphatic carbocycles. The van der Waals surface area contributed by atoms with Crippen LogP contribution in [-0.2, 0) is 14.3 Å². The smallest absolute Gasteiger partial charge is 0.320 e. The zero-order chi connectivity index (χ0) is 17.9. The highest BCUT2D eigenvalue weighted by atomic mass is 16.5. The first-order valence-corrected chi connectivity index (χ1v) is 9.21. The highest BCUT2D eigenvalue weighted by molar-refractivity contribution is 5.84. The average Bonchev–Trinajstić information content (AvgIpc) is 2.61. The number of likely N-dealkylation sites (tertiary alicyclic amines) is 2. The Labute approximate surface area is 149 Å². The lowest BCUT2D eigenvalue weighted by Crippen LogP contribution is -2.53. The number of rotatable bonds is 4. The summed E-state index contributed by atoms with van der Waals surface area (Å²) in [6.45, 7) is 5.25. The van der Waals surface area contributed by atoms with E-state index in [4.69, 9.17) is 4.74 Å². The summed E-state index contributed by atoms with van der Waals surface area (Å²) < 4.78 is 5.05. The molecule has 2 aliphatic heterocycles. The Bertz CT molecular complexity index is 609. The van der Waals surface area contributed by atoms with Gasteiger partial charge in [0.25, 0.3) is 0 Å². The van der Waals surface area contributed by atoms with Crippen LogP contribution in [0, 0.1) is 5.41 Å². The molecule has 0 bridgehead atoms. The molecule has 2 heterocycles. The van der Waals surface area contributed by atoms with Crippen molar-refractivity contribution < 1.29 is 14.3 Å². The largest absolute Gasteiger partial charge is 0.465 e. The number of ether oxygens (including phenoxy) is 1. The lowest BCUT2D eigenvalue weighted by atomic mass is 9.68. The number of hydrogen-bond acceptors (Lipinski definition) is 4. The van der Waals surface area contributed by atoms with E-state index in [0.717, 1.165) is 44.5 Å². The van der Waals surface area contributed by atoms with Gasteiger partial charge in [0.15, 0.2) is 0 Å². The summed E-state index contributed by atoms with van der Waals surface area (Å²) in [5, 5.41) is 0. The quantitative estimate of drug-likeness (QED) is 0.787. The molecular weight excluding hydrogens is 316 g/mol. The van der Waals surface area contributed by atoms with E-state index in [-0.39, 0.29) is 23.2 Å². The Balaban J connectivity index is 1.66. The fourth-order valence-corrected chi connectivity index (χ4v) is 4.31. The van der Waals surface area contributed by atoms with Gasteiger partial charge in [-0.1, -0.05) is 30.3 Å². The Morgan fingerprint density at radius 2 is 1.92 bits per heavy atom. The summed E-state index contributed by atoms with van der Waals surface area (Å²) in [5.74, 6) is 0.0406. The lowest BCUT2D eigenvalue weighted by Gasteiger charge is -2.49. The normalized spacial score (nSPS) is 23.7. The molecule has 5 heteroatoms. The van der Waals surface area contributed by atoms with Gasteiger partial charge in [0.2, 0.25) is 5.91 Å². The van der Waals surface area contributed by atoms with Crippen LogP contribution in [0.3, 0.4) is 0 Å². The number of amides is 1. The van der Waals surface area contributed by atoms with Crippen LogP contribution in [0.2, 0.25) is 0 Å². The second kappa shape index (κ2) is 7.56. The maximum absolute atomic E-state index is 12.7. The SMILES string of the molecule is CCOC(=O)CN1CCC2(CC1)CC(c1ccccc1)C(=O)N(C)C2. The van der Waals surface area contributed by atoms with Crippen molar-refractivity contribution >= 4 is 11.9 Å². The van der Waals surface area contributed by atoms with Crippen molar-refractivity contribution in [2.75, 3.05) is 39.8 Å². The van der Waals surface area contributed by atoms with E-state index in [2.05, 4.69) is 17.0 Å². The molecule has 0 saturated carbocycles. The number of nitrogens with zero attached hydrogens (tertiary/aromatic N) is 2. The van der Waals surface area contributed by atoms with Gasteiger partial charge in [-0.3, -0.25) is 14.5 Å². The molecule has 1 aromatic carbocycles. The molecule has 3 rings (SSSR count). The van der Waals surface area contributed by atoms with Gasteiger partial charge in [0.05, 0.1) is 19.1 Å². The Hall–Kier alpha value is -1.88. The molecule has 1 unspecified atom stereocenters. The monoisotopic (exact) mass is 344 g/mol.